The van der Waals surface area contributed by atoms with Gasteiger partial charge in [0.25, 0.3) is 0 Å². The predicted octanol–water partition coefficient (Wildman–Crippen LogP) is 3.02. The van der Waals surface area contributed by atoms with Gasteiger partial charge in [0, 0.05) is 18.3 Å². The van der Waals surface area contributed by atoms with Crippen molar-refractivity contribution in [1.82, 2.24) is 9.88 Å². The number of aliphatic hydroxyl groups is 1. The third-order valence-electron chi connectivity index (χ3n) is 3.73. The van der Waals surface area contributed by atoms with Crippen LogP contribution >= 0.6 is 11.8 Å². The quantitative estimate of drug-likeness (QED) is 0.859. The summed E-state index contributed by atoms with van der Waals surface area (Å²) in [5, 5.41) is 12.0. The molecular weight excluding hydrogens is 306 g/mol. The van der Waals surface area contributed by atoms with Crippen LogP contribution in [-0.4, -0.2) is 32.5 Å². The number of hydrogen-bond acceptors (Lipinski definition) is 4. The maximum atomic E-state index is 11.2. The molecule has 2 heterocycles. The van der Waals surface area contributed by atoms with E-state index in [1.807, 2.05) is 53.4 Å². The SMILES string of the molecule is C=CCN1C(=NCc2ccccn2)SCC1(O)c1ccccc1. The lowest BCUT2D eigenvalue weighted by molar-refractivity contribution is -0.0423. The van der Waals surface area contributed by atoms with E-state index in [9.17, 15) is 5.11 Å². The molecule has 1 fully saturated rings. The highest BCUT2D eigenvalue weighted by Crippen LogP contribution is 2.38. The van der Waals surface area contributed by atoms with Gasteiger partial charge in [-0.15, -0.1) is 6.58 Å². The van der Waals surface area contributed by atoms with E-state index in [2.05, 4.69) is 16.6 Å². The molecule has 5 heteroatoms. The molecule has 0 saturated carbocycles. The Balaban J connectivity index is 1.86. The number of benzene rings is 1. The molecule has 1 N–H and O–H groups in total. The van der Waals surface area contributed by atoms with Crippen LogP contribution in [0.1, 0.15) is 11.3 Å². The number of amidine groups is 1. The van der Waals surface area contributed by atoms with Crippen LogP contribution in [0.4, 0.5) is 0 Å². The van der Waals surface area contributed by atoms with Crippen molar-refractivity contribution >= 4 is 16.9 Å². The minimum Gasteiger partial charge on any atom is -0.366 e. The molecular formula is C18H19N3OS. The molecule has 0 spiro atoms. The normalized spacial score (nSPS) is 22.5. The smallest absolute Gasteiger partial charge is 0.175 e. The molecule has 1 atom stereocenters. The molecule has 1 aliphatic rings. The van der Waals surface area contributed by atoms with E-state index in [4.69, 9.17) is 0 Å². The first-order chi connectivity index (χ1) is 11.2. The van der Waals surface area contributed by atoms with Crippen molar-refractivity contribution in [3.63, 3.8) is 0 Å². The third kappa shape index (κ3) is 3.30. The Bertz CT molecular complexity index is 690. The highest BCUT2D eigenvalue weighted by Gasteiger charge is 2.44. The standard InChI is InChI=1S/C18H19N3OS/c1-2-12-21-17(20-13-16-10-6-7-11-19-16)23-14-18(21,22)15-8-4-3-5-9-15/h2-11,22H,1,12-14H2. The number of thioether (sulfide) groups is 1. The molecule has 0 bridgehead atoms. The van der Waals surface area contributed by atoms with E-state index in [-0.39, 0.29) is 0 Å². The van der Waals surface area contributed by atoms with Gasteiger partial charge >= 0.3 is 0 Å². The van der Waals surface area contributed by atoms with Gasteiger partial charge in [-0.05, 0) is 12.1 Å². The lowest BCUT2D eigenvalue weighted by atomic mass is 10.0. The summed E-state index contributed by atoms with van der Waals surface area (Å²) in [4.78, 5) is 10.8. The summed E-state index contributed by atoms with van der Waals surface area (Å²) in [5.41, 5.74) is 0.731. The first kappa shape index (κ1) is 15.8. The summed E-state index contributed by atoms with van der Waals surface area (Å²) < 4.78 is 0. The predicted molar refractivity (Wildman–Crippen MR) is 95.1 cm³/mol. The summed E-state index contributed by atoms with van der Waals surface area (Å²) in [6, 6.07) is 15.5. The minimum atomic E-state index is -1.05. The van der Waals surface area contributed by atoms with Crippen molar-refractivity contribution in [2.45, 2.75) is 12.3 Å². The van der Waals surface area contributed by atoms with Crippen LogP contribution in [0, 0.1) is 0 Å². The topological polar surface area (TPSA) is 48.7 Å². The third-order valence-corrected chi connectivity index (χ3v) is 4.88. The Morgan fingerprint density at radius 3 is 2.74 bits per heavy atom. The van der Waals surface area contributed by atoms with E-state index >= 15 is 0 Å². The lowest BCUT2D eigenvalue weighted by Crippen LogP contribution is -2.45. The van der Waals surface area contributed by atoms with Crippen LogP contribution in [0.15, 0.2) is 72.4 Å². The Labute approximate surface area is 140 Å². The van der Waals surface area contributed by atoms with E-state index in [0.717, 1.165) is 16.4 Å². The summed E-state index contributed by atoms with van der Waals surface area (Å²) in [6.45, 7) is 4.85. The zero-order valence-electron chi connectivity index (χ0n) is 12.8. The fourth-order valence-corrected chi connectivity index (χ4v) is 3.74. The Morgan fingerprint density at radius 1 is 1.26 bits per heavy atom. The molecule has 3 rings (SSSR count). The average Bonchev–Trinajstić information content (AvgIpc) is 2.93. The highest BCUT2D eigenvalue weighted by molar-refractivity contribution is 8.14. The average molecular weight is 325 g/mol. The number of pyridine rings is 1. The number of nitrogens with zero attached hydrogens (tertiary/aromatic N) is 3. The van der Waals surface area contributed by atoms with Gasteiger partial charge in [-0.1, -0.05) is 54.2 Å². The van der Waals surface area contributed by atoms with Gasteiger partial charge in [0.1, 0.15) is 0 Å². The Hall–Kier alpha value is -2.11. The van der Waals surface area contributed by atoms with Crippen LogP contribution < -0.4 is 0 Å². The number of aromatic nitrogens is 1. The lowest BCUT2D eigenvalue weighted by Gasteiger charge is -2.33. The fourth-order valence-electron chi connectivity index (χ4n) is 2.55. The van der Waals surface area contributed by atoms with Gasteiger partial charge in [-0.25, -0.2) is 0 Å². The van der Waals surface area contributed by atoms with Gasteiger partial charge in [-0.3, -0.25) is 9.98 Å². The number of rotatable bonds is 5. The molecule has 4 nitrogen and oxygen atoms in total. The summed E-state index contributed by atoms with van der Waals surface area (Å²) >= 11 is 1.56. The zero-order chi connectivity index (χ0) is 16.1. The second-order valence-electron chi connectivity index (χ2n) is 5.29. The fraction of sp³-hybridized carbons (Fsp3) is 0.222. The van der Waals surface area contributed by atoms with E-state index in [1.165, 1.54) is 0 Å². The van der Waals surface area contributed by atoms with Gasteiger partial charge < -0.3 is 10.0 Å². The van der Waals surface area contributed by atoms with Crippen LogP contribution in [0.2, 0.25) is 0 Å². The van der Waals surface area contributed by atoms with Crippen molar-refractivity contribution in [1.29, 1.82) is 0 Å². The first-order valence-electron chi connectivity index (χ1n) is 7.47. The van der Waals surface area contributed by atoms with E-state index in [1.54, 1.807) is 24.0 Å². The van der Waals surface area contributed by atoms with Crippen LogP contribution in [0.3, 0.4) is 0 Å². The monoisotopic (exact) mass is 325 g/mol. The number of aliphatic imine (C=N–C) groups is 1. The van der Waals surface area contributed by atoms with Gasteiger partial charge in [0.15, 0.2) is 10.9 Å². The molecule has 2 aromatic rings. The Morgan fingerprint density at radius 2 is 2.04 bits per heavy atom. The molecule has 1 saturated heterocycles. The minimum absolute atomic E-state index is 0.502. The molecule has 23 heavy (non-hydrogen) atoms. The van der Waals surface area contributed by atoms with Gasteiger partial charge in [0.2, 0.25) is 0 Å². The van der Waals surface area contributed by atoms with Crippen molar-refractivity contribution < 1.29 is 5.11 Å². The van der Waals surface area contributed by atoms with E-state index < -0.39 is 5.72 Å². The molecule has 1 aromatic heterocycles. The van der Waals surface area contributed by atoms with Crippen molar-refractivity contribution in [2.75, 3.05) is 12.3 Å². The number of hydrogen-bond donors (Lipinski definition) is 1. The zero-order valence-corrected chi connectivity index (χ0v) is 13.6. The molecule has 0 amide bonds. The van der Waals surface area contributed by atoms with E-state index in [0.29, 0.717) is 18.8 Å². The van der Waals surface area contributed by atoms with Crippen LogP contribution in [-0.2, 0) is 12.3 Å². The second-order valence-corrected chi connectivity index (χ2v) is 6.23. The molecule has 1 aromatic carbocycles. The molecule has 0 aliphatic carbocycles. The maximum Gasteiger partial charge on any atom is 0.175 e. The van der Waals surface area contributed by atoms with Crippen molar-refractivity contribution in [2.24, 2.45) is 4.99 Å². The van der Waals surface area contributed by atoms with Crippen LogP contribution in [0.25, 0.3) is 0 Å². The highest BCUT2D eigenvalue weighted by atomic mass is 32.2. The van der Waals surface area contributed by atoms with Crippen LogP contribution in [0.5, 0.6) is 0 Å². The van der Waals surface area contributed by atoms with Crippen molar-refractivity contribution in [3.8, 4) is 0 Å². The maximum absolute atomic E-state index is 11.2. The summed E-state index contributed by atoms with van der Waals surface area (Å²) in [6.07, 6.45) is 3.55. The van der Waals surface area contributed by atoms with Crippen molar-refractivity contribution in [3.05, 3.63) is 78.6 Å². The van der Waals surface area contributed by atoms with Gasteiger partial charge in [0.05, 0.1) is 18.0 Å². The summed E-state index contributed by atoms with van der Waals surface area (Å²) in [7, 11) is 0. The second kappa shape index (κ2) is 6.98. The molecule has 1 unspecified atom stereocenters. The molecule has 118 valence electrons. The first-order valence-corrected chi connectivity index (χ1v) is 8.46. The molecule has 0 radical (unpaired) electrons. The van der Waals surface area contributed by atoms with Gasteiger partial charge in [-0.2, -0.15) is 0 Å². The summed E-state index contributed by atoms with van der Waals surface area (Å²) in [5.74, 6) is 0.548. The largest absolute Gasteiger partial charge is 0.366 e. The molecule has 1 aliphatic heterocycles. The Kier molecular flexibility index (Phi) is 4.79.